The van der Waals surface area contributed by atoms with Gasteiger partial charge in [-0.3, -0.25) is 10.1 Å². The molecule has 2 aromatic heterocycles. The van der Waals surface area contributed by atoms with E-state index in [4.69, 9.17) is 0 Å². The topological polar surface area (TPSA) is 70.7 Å². The molecular formula is C29H21BrN4OS. The number of anilines is 1. The van der Waals surface area contributed by atoms with Crippen LogP contribution in [-0.4, -0.2) is 15.5 Å². The van der Waals surface area contributed by atoms with Crippen LogP contribution in [0.15, 0.2) is 101 Å². The number of nitriles is 1. The molecule has 0 aliphatic rings. The van der Waals surface area contributed by atoms with Crippen molar-refractivity contribution in [3.8, 4) is 6.07 Å². The normalized spacial score (nSPS) is 11.4. The first-order chi connectivity index (χ1) is 17.6. The van der Waals surface area contributed by atoms with Crippen molar-refractivity contribution < 1.29 is 4.79 Å². The molecule has 2 heterocycles. The molecule has 0 aliphatic heterocycles. The Hall–Kier alpha value is -3.99. The van der Waals surface area contributed by atoms with Crippen molar-refractivity contribution in [3.63, 3.8) is 0 Å². The Morgan fingerprint density at radius 3 is 2.56 bits per heavy atom. The molecule has 0 saturated heterocycles. The number of halogens is 1. The maximum absolute atomic E-state index is 12.9. The summed E-state index contributed by atoms with van der Waals surface area (Å²) in [5, 5.41) is 14.0. The first kappa shape index (κ1) is 23.7. The molecule has 0 atom stereocenters. The van der Waals surface area contributed by atoms with Crippen LogP contribution in [0.3, 0.4) is 0 Å². The van der Waals surface area contributed by atoms with Crippen molar-refractivity contribution in [2.45, 2.75) is 13.0 Å². The van der Waals surface area contributed by atoms with Crippen LogP contribution >= 0.6 is 27.3 Å². The highest BCUT2D eigenvalue weighted by molar-refractivity contribution is 9.10. The van der Waals surface area contributed by atoms with E-state index in [9.17, 15) is 10.1 Å². The number of benzene rings is 3. The van der Waals surface area contributed by atoms with E-state index < -0.39 is 5.91 Å². The van der Waals surface area contributed by atoms with Gasteiger partial charge in [-0.05, 0) is 35.4 Å². The summed E-state index contributed by atoms with van der Waals surface area (Å²) in [6, 6.07) is 28.3. The molecule has 0 unspecified atom stereocenters. The fourth-order valence-electron chi connectivity index (χ4n) is 4.02. The monoisotopic (exact) mass is 552 g/mol. The van der Waals surface area contributed by atoms with Gasteiger partial charge in [0.2, 0.25) is 0 Å². The molecular weight excluding hydrogens is 532 g/mol. The van der Waals surface area contributed by atoms with Crippen LogP contribution in [0.1, 0.15) is 21.6 Å². The second-order valence-electron chi connectivity index (χ2n) is 8.27. The molecule has 0 bridgehead atoms. The fourth-order valence-corrected chi connectivity index (χ4v) is 5.13. The molecule has 0 aliphatic carbocycles. The quantitative estimate of drug-likeness (QED) is 0.174. The van der Waals surface area contributed by atoms with E-state index in [1.165, 1.54) is 16.9 Å². The van der Waals surface area contributed by atoms with E-state index in [2.05, 4.69) is 49.0 Å². The zero-order valence-corrected chi connectivity index (χ0v) is 21.6. The average Bonchev–Trinajstić information content (AvgIpc) is 3.48. The lowest BCUT2D eigenvalue weighted by molar-refractivity contribution is -0.112. The molecule has 5 nitrogen and oxygen atoms in total. The first-order valence-corrected chi connectivity index (χ1v) is 12.9. The summed E-state index contributed by atoms with van der Waals surface area (Å²) < 4.78 is 3.17. The third kappa shape index (κ3) is 5.46. The summed E-state index contributed by atoms with van der Waals surface area (Å²) in [5.41, 5.74) is 4.23. The largest absolute Gasteiger partial charge is 0.342 e. The number of hydrogen-bond donors (Lipinski definition) is 1. The minimum Gasteiger partial charge on any atom is -0.342 e. The second-order valence-corrected chi connectivity index (χ2v) is 10.3. The van der Waals surface area contributed by atoms with Crippen molar-refractivity contribution in [3.05, 3.63) is 123 Å². The summed E-state index contributed by atoms with van der Waals surface area (Å²) in [7, 11) is 0. The van der Waals surface area contributed by atoms with Crippen molar-refractivity contribution >= 4 is 55.3 Å². The molecule has 0 radical (unpaired) electrons. The number of carbonyl (C=O) groups is 1. The van der Waals surface area contributed by atoms with Gasteiger partial charge in [-0.1, -0.05) is 76.6 Å². The third-order valence-corrected chi connectivity index (χ3v) is 7.19. The van der Waals surface area contributed by atoms with Crippen LogP contribution in [0.5, 0.6) is 0 Å². The van der Waals surface area contributed by atoms with Crippen LogP contribution in [0.25, 0.3) is 17.0 Å². The SMILES string of the molecule is N#CC(=Cc1cn(Cc2ccccc2)c2ccccc12)C(=O)Nc1ncc(Cc2ccc(Br)cc2)s1. The summed E-state index contributed by atoms with van der Waals surface area (Å²) in [5.74, 6) is -0.470. The van der Waals surface area contributed by atoms with Gasteiger partial charge in [0.1, 0.15) is 11.6 Å². The zero-order valence-electron chi connectivity index (χ0n) is 19.2. The summed E-state index contributed by atoms with van der Waals surface area (Å²) in [6.07, 6.45) is 6.12. The van der Waals surface area contributed by atoms with Crippen molar-refractivity contribution in [1.29, 1.82) is 5.26 Å². The fraction of sp³-hybridized carbons (Fsp3) is 0.0690. The van der Waals surface area contributed by atoms with Crippen LogP contribution in [-0.2, 0) is 17.8 Å². The highest BCUT2D eigenvalue weighted by atomic mass is 79.9. The van der Waals surface area contributed by atoms with Crippen molar-refractivity contribution in [2.75, 3.05) is 5.32 Å². The summed E-state index contributed by atoms with van der Waals surface area (Å²) >= 11 is 4.85. The molecule has 5 aromatic rings. The Morgan fingerprint density at radius 2 is 1.78 bits per heavy atom. The van der Waals surface area contributed by atoms with E-state index in [0.717, 1.165) is 37.8 Å². The predicted molar refractivity (Wildman–Crippen MR) is 149 cm³/mol. The van der Waals surface area contributed by atoms with Gasteiger partial charge >= 0.3 is 0 Å². The molecule has 0 saturated carbocycles. The number of fused-ring (bicyclic) bond motifs is 1. The Bertz CT molecular complexity index is 1590. The van der Waals surface area contributed by atoms with E-state index in [0.29, 0.717) is 11.7 Å². The second kappa shape index (κ2) is 10.7. The summed E-state index contributed by atoms with van der Waals surface area (Å²) in [6.45, 7) is 0.698. The molecule has 1 amide bonds. The lowest BCUT2D eigenvalue weighted by Crippen LogP contribution is -2.13. The van der Waals surface area contributed by atoms with E-state index in [-0.39, 0.29) is 5.57 Å². The van der Waals surface area contributed by atoms with Gasteiger partial charge in [0.25, 0.3) is 5.91 Å². The Morgan fingerprint density at radius 1 is 1.03 bits per heavy atom. The third-order valence-electron chi connectivity index (χ3n) is 5.75. The molecule has 1 N–H and O–H groups in total. The Kier molecular flexibility index (Phi) is 7.08. The van der Waals surface area contributed by atoms with E-state index >= 15 is 0 Å². The molecule has 36 heavy (non-hydrogen) atoms. The number of carbonyl (C=O) groups excluding carboxylic acids is 1. The molecule has 0 fully saturated rings. The van der Waals surface area contributed by atoms with Gasteiger partial charge in [0.05, 0.1) is 0 Å². The Balaban J connectivity index is 1.36. The number of para-hydroxylation sites is 1. The maximum atomic E-state index is 12.9. The minimum atomic E-state index is -0.470. The molecule has 0 spiro atoms. The van der Waals surface area contributed by atoms with E-state index in [1.54, 1.807) is 12.3 Å². The predicted octanol–water partition coefficient (Wildman–Crippen LogP) is 7.05. The van der Waals surface area contributed by atoms with Gasteiger partial charge in [-0.2, -0.15) is 5.26 Å². The molecule has 5 rings (SSSR count). The molecule has 3 aromatic carbocycles. The highest BCUT2D eigenvalue weighted by Crippen LogP contribution is 2.26. The average molecular weight is 553 g/mol. The Labute approximate surface area is 221 Å². The zero-order chi connectivity index (χ0) is 24.9. The van der Waals surface area contributed by atoms with Crippen molar-refractivity contribution in [2.24, 2.45) is 0 Å². The smallest absolute Gasteiger partial charge is 0.268 e. The number of aromatic nitrogens is 2. The number of nitrogens with one attached hydrogen (secondary N) is 1. The number of thiazole rings is 1. The van der Waals surface area contributed by atoms with Gasteiger partial charge in [0.15, 0.2) is 5.13 Å². The van der Waals surface area contributed by atoms with Crippen LogP contribution in [0.2, 0.25) is 0 Å². The molecule has 7 heteroatoms. The maximum Gasteiger partial charge on any atom is 0.268 e. The number of hydrogen-bond acceptors (Lipinski definition) is 4. The van der Waals surface area contributed by atoms with Crippen LogP contribution in [0.4, 0.5) is 5.13 Å². The number of nitrogens with zero attached hydrogens (tertiary/aromatic N) is 3. The van der Waals surface area contributed by atoms with Gasteiger partial charge < -0.3 is 4.57 Å². The van der Waals surface area contributed by atoms with Gasteiger partial charge in [-0.15, -0.1) is 11.3 Å². The lowest BCUT2D eigenvalue weighted by Gasteiger charge is -2.05. The number of rotatable bonds is 7. The number of amides is 1. The standard InChI is InChI=1S/C29H21BrN4OS/c30-24-12-10-20(11-13-24)14-25-17-32-29(36-25)33-28(35)22(16-31)15-23-19-34(18-21-6-2-1-3-7-21)27-9-5-4-8-26(23)27/h1-13,15,17,19H,14,18H2,(H,32,33,35). The van der Waals surface area contributed by atoms with E-state index in [1.807, 2.05) is 72.9 Å². The van der Waals surface area contributed by atoms with Crippen LogP contribution < -0.4 is 5.32 Å². The summed E-state index contributed by atoms with van der Waals surface area (Å²) in [4.78, 5) is 18.3. The van der Waals surface area contributed by atoms with Crippen LogP contribution in [0, 0.1) is 11.3 Å². The van der Waals surface area contributed by atoms with Crippen molar-refractivity contribution in [1.82, 2.24) is 9.55 Å². The highest BCUT2D eigenvalue weighted by Gasteiger charge is 2.15. The lowest BCUT2D eigenvalue weighted by atomic mass is 10.1. The molecule has 176 valence electrons. The first-order valence-electron chi connectivity index (χ1n) is 11.3. The van der Waals surface area contributed by atoms with Gasteiger partial charge in [-0.25, -0.2) is 4.98 Å². The van der Waals surface area contributed by atoms with Gasteiger partial charge in [0, 0.05) is 51.2 Å². The minimum absolute atomic E-state index is 0.0299.